The fourth-order valence-electron chi connectivity index (χ4n) is 2.63. The molecule has 8 heteroatoms. The zero-order valence-corrected chi connectivity index (χ0v) is 15.3. The number of benzene rings is 1. The van der Waals surface area contributed by atoms with Crippen molar-refractivity contribution in [3.63, 3.8) is 0 Å². The monoisotopic (exact) mass is 377 g/mol. The number of hydrogen-bond acceptors (Lipinski definition) is 6. The third-order valence-corrected chi connectivity index (χ3v) is 4.84. The second kappa shape index (κ2) is 9.05. The number of nitrogens with one attached hydrogen (secondary N) is 1. The number of hydrogen-bond donors (Lipinski definition) is 1. The molecule has 1 N–H and O–H groups in total. The lowest BCUT2D eigenvalue weighted by Gasteiger charge is -2.33. The van der Waals surface area contributed by atoms with E-state index in [0.29, 0.717) is 11.7 Å². The van der Waals surface area contributed by atoms with Gasteiger partial charge in [0.2, 0.25) is 11.0 Å². The van der Waals surface area contributed by atoms with E-state index in [1.807, 2.05) is 24.3 Å². The molecule has 25 heavy (non-hydrogen) atoms. The Bertz CT molecular complexity index is 696. The van der Waals surface area contributed by atoms with Crippen LogP contribution in [-0.4, -0.2) is 65.2 Å². The first kappa shape index (κ1) is 18.0. The van der Waals surface area contributed by atoms with Gasteiger partial charge in [-0.1, -0.05) is 47.2 Å². The maximum Gasteiger partial charge on any atom is 0.240 e. The van der Waals surface area contributed by atoms with Crippen LogP contribution in [0.5, 0.6) is 0 Å². The average Bonchev–Trinajstić information content (AvgIpc) is 3.11. The first-order valence-electron chi connectivity index (χ1n) is 8.12. The molecule has 0 radical (unpaired) electrons. The standard InChI is InChI=1S/C17H20ClN5OS/c18-15-5-3-14(4-6-15)2-1-7-22-8-10-23(11-9-22)12-16(24)20-17-21-19-13-25-17/h1-6,13H,7-12H2,(H,20,21,24). The number of amides is 1. The van der Waals surface area contributed by atoms with Gasteiger partial charge in [0.05, 0.1) is 6.54 Å². The molecular formula is C17H20ClN5OS. The number of carbonyl (C=O) groups excluding carboxylic acids is 1. The molecule has 6 nitrogen and oxygen atoms in total. The van der Waals surface area contributed by atoms with Crippen LogP contribution in [0.4, 0.5) is 5.13 Å². The van der Waals surface area contributed by atoms with Crippen LogP contribution >= 0.6 is 22.9 Å². The maximum atomic E-state index is 12.0. The lowest BCUT2D eigenvalue weighted by Crippen LogP contribution is -2.48. The number of anilines is 1. The van der Waals surface area contributed by atoms with E-state index < -0.39 is 0 Å². The van der Waals surface area contributed by atoms with Crippen LogP contribution in [-0.2, 0) is 4.79 Å². The fourth-order valence-corrected chi connectivity index (χ4v) is 3.22. The van der Waals surface area contributed by atoms with Crippen molar-refractivity contribution in [3.05, 3.63) is 46.4 Å². The molecule has 1 aromatic heterocycles. The van der Waals surface area contributed by atoms with E-state index in [0.717, 1.165) is 43.3 Å². The molecule has 1 fully saturated rings. The van der Waals surface area contributed by atoms with Crippen molar-refractivity contribution < 1.29 is 4.79 Å². The second-order valence-electron chi connectivity index (χ2n) is 5.82. The SMILES string of the molecule is O=C(CN1CCN(CC=Cc2ccc(Cl)cc2)CC1)Nc1nncs1. The van der Waals surface area contributed by atoms with Gasteiger partial charge in [0.25, 0.3) is 0 Å². The summed E-state index contributed by atoms with van der Waals surface area (Å²) < 4.78 is 0. The number of piperazine rings is 1. The van der Waals surface area contributed by atoms with E-state index >= 15 is 0 Å². The topological polar surface area (TPSA) is 61.4 Å². The van der Waals surface area contributed by atoms with Crippen LogP contribution in [0.3, 0.4) is 0 Å². The van der Waals surface area contributed by atoms with E-state index in [-0.39, 0.29) is 5.91 Å². The van der Waals surface area contributed by atoms with Gasteiger partial charge in [-0.25, -0.2) is 0 Å². The Kier molecular flexibility index (Phi) is 6.52. The Balaban J connectivity index is 1.36. The van der Waals surface area contributed by atoms with Crippen LogP contribution in [0, 0.1) is 0 Å². The largest absolute Gasteiger partial charge is 0.299 e. The number of rotatable bonds is 6. The average molecular weight is 378 g/mol. The van der Waals surface area contributed by atoms with Gasteiger partial charge < -0.3 is 0 Å². The van der Waals surface area contributed by atoms with Crippen LogP contribution in [0.25, 0.3) is 6.08 Å². The van der Waals surface area contributed by atoms with Gasteiger partial charge in [-0.3, -0.25) is 19.9 Å². The molecule has 0 aliphatic carbocycles. The molecule has 0 spiro atoms. The van der Waals surface area contributed by atoms with Crippen molar-refractivity contribution in [2.24, 2.45) is 0 Å². The Morgan fingerprint density at radius 1 is 1.20 bits per heavy atom. The highest BCUT2D eigenvalue weighted by molar-refractivity contribution is 7.13. The van der Waals surface area contributed by atoms with Crippen molar-refractivity contribution in [1.82, 2.24) is 20.0 Å². The fraction of sp³-hybridized carbons (Fsp3) is 0.353. The Hall–Kier alpha value is -1.80. The van der Waals surface area contributed by atoms with Crippen LogP contribution in [0.15, 0.2) is 35.9 Å². The van der Waals surface area contributed by atoms with Gasteiger partial charge in [-0.2, -0.15) is 0 Å². The van der Waals surface area contributed by atoms with Gasteiger partial charge in [0.15, 0.2) is 0 Å². The third kappa shape index (κ3) is 5.89. The maximum absolute atomic E-state index is 12.0. The molecule has 0 unspecified atom stereocenters. The zero-order chi connectivity index (χ0) is 17.5. The predicted octanol–water partition coefficient (Wildman–Crippen LogP) is 2.46. The molecule has 2 aromatic rings. The van der Waals surface area contributed by atoms with Gasteiger partial charge in [0, 0.05) is 37.7 Å². The molecule has 1 amide bonds. The van der Waals surface area contributed by atoms with Gasteiger partial charge in [0.1, 0.15) is 5.51 Å². The zero-order valence-electron chi connectivity index (χ0n) is 13.8. The molecule has 2 heterocycles. The van der Waals surface area contributed by atoms with Gasteiger partial charge in [-0.05, 0) is 17.7 Å². The highest BCUT2D eigenvalue weighted by atomic mass is 35.5. The molecule has 0 atom stereocenters. The Morgan fingerprint density at radius 2 is 1.92 bits per heavy atom. The number of halogens is 1. The normalized spacial score (nSPS) is 16.4. The van der Waals surface area contributed by atoms with Crippen molar-refractivity contribution in [1.29, 1.82) is 0 Å². The summed E-state index contributed by atoms with van der Waals surface area (Å²) in [6.07, 6.45) is 4.28. The van der Waals surface area contributed by atoms with Gasteiger partial charge >= 0.3 is 0 Å². The van der Waals surface area contributed by atoms with E-state index in [1.54, 1.807) is 5.51 Å². The summed E-state index contributed by atoms with van der Waals surface area (Å²) >= 11 is 7.21. The van der Waals surface area contributed by atoms with Crippen molar-refractivity contribution in [3.8, 4) is 0 Å². The molecule has 1 saturated heterocycles. The highest BCUT2D eigenvalue weighted by Gasteiger charge is 2.18. The molecule has 1 aromatic carbocycles. The molecule has 3 rings (SSSR count). The van der Waals surface area contributed by atoms with Crippen molar-refractivity contribution in [2.45, 2.75) is 0 Å². The van der Waals surface area contributed by atoms with E-state index in [4.69, 9.17) is 11.6 Å². The summed E-state index contributed by atoms with van der Waals surface area (Å²) in [4.78, 5) is 16.5. The second-order valence-corrected chi connectivity index (χ2v) is 7.09. The van der Waals surface area contributed by atoms with Crippen LogP contribution < -0.4 is 5.32 Å². The van der Waals surface area contributed by atoms with Crippen molar-refractivity contribution in [2.75, 3.05) is 44.6 Å². The van der Waals surface area contributed by atoms with E-state index in [1.165, 1.54) is 11.3 Å². The minimum Gasteiger partial charge on any atom is -0.299 e. The smallest absolute Gasteiger partial charge is 0.240 e. The summed E-state index contributed by atoms with van der Waals surface area (Å²) in [5.74, 6) is -0.0344. The molecule has 1 aliphatic heterocycles. The molecule has 1 aliphatic rings. The lowest BCUT2D eigenvalue weighted by molar-refractivity contribution is -0.117. The third-order valence-electron chi connectivity index (χ3n) is 3.98. The molecule has 0 bridgehead atoms. The number of aromatic nitrogens is 2. The summed E-state index contributed by atoms with van der Waals surface area (Å²) in [5, 5.41) is 11.6. The highest BCUT2D eigenvalue weighted by Crippen LogP contribution is 2.11. The summed E-state index contributed by atoms with van der Waals surface area (Å²) in [7, 11) is 0. The Labute approximate surface area is 156 Å². The van der Waals surface area contributed by atoms with Crippen molar-refractivity contribution >= 4 is 40.1 Å². The molecule has 0 saturated carbocycles. The Morgan fingerprint density at radius 3 is 2.60 bits per heavy atom. The van der Waals surface area contributed by atoms with Crippen LogP contribution in [0.1, 0.15) is 5.56 Å². The quantitative estimate of drug-likeness (QED) is 0.837. The molecule has 132 valence electrons. The molecular weight excluding hydrogens is 358 g/mol. The van der Waals surface area contributed by atoms with Gasteiger partial charge in [-0.15, -0.1) is 10.2 Å². The first-order chi connectivity index (χ1) is 12.2. The van der Waals surface area contributed by atoms with E-state index in [2.05, 4.69) is 37.5 Å². The summed E-state index contributed by atoms with van der Waals surface area (Å²) in [6.45, 7) is 4.99. The lowest BCUT2D eigenvalue weighted by atomic mass is 10.2. The first-order valence-corrected chi connectivity index (χ1v) is 9.37. The summed E-state index contributed by atoms with van der Waals surface area (Å²) in [6, 6.07) is 7.81. The van der Waals surface area contributed by atoms with Crippen LogP contribution in [0.2, 0.25) is 5.02 Å². The number of nitrogens with zero attached hydrogens (tertiary/aromatic N) is 4. The predicted molar refractivity (Wildman–Crippen MR) is 102 cm³/mol. The summed E-state index contributed by atoms with van der Waals surface area (Å²) in [5.41, 5.74) is 2.75. The minimum atomic E-state index is -0.0344. The minimum absolute atomic E-state index is 0.0344. The number of carbonyl (C=O) groups is 1. The van der Waals surface area contributed by atoms with E-state index in [9.17, 15) is 4.79 Å².